The van der Waals surface area contributed by atoms with E-state index in [2.05, 4.69) is 10.2 Å². The molecule has 2 rings (SSSR count). The minimum Gasteiger partial charge on any atom is -0.382 e. The lowest BCUT2D eigenvalue weighted by Gasteiger charge is -2.37. The number of nitrogens with zero attached hydrogens (tertiary/aromatic N) is 1. The lowest BCUT2D eigenvalue weighted by molar-refractivity contribution is -0.120. The zero-order valence-electron chi connectivity index (χ0n) is 11.9. The van der Waals surface area contributed by atoms with Crippen LogP contribution in [0.2, 0.25) is 0 Å². The number of ether oxygens (including phenoxy) is 2. The molecular weight excluding hydrogens is 244 g/mol. The van der Waals surface area contributed by atoms with Crippen LogP contribution in [0.15, 0.2) is 0 Å². The second-order valence-corrected chi connectivity index (χ2v) is 5.43. The average molecular weight is 270 g/mol. The van der Waals surface area contributed by atoms with Gasteiger partial charge in [0.05, 0.1) is 19.3 Å². The van der Waals surface area contributed by atoms with Crippen LogP contribution in [0.25, 0.3) is 0 Å². The van der Waals surface area contributed by atoms with Crippen molar-refractivity contribution in [3.05, 3.63) is 0 Å². The predicted molar refractivity (Wildman–Crippen MR) is 73.1 cm³/mol. The number of hydrogen-bond acceptors (Lipinski definition) is 4. The molecule has 2 aliphatic rings. The summed E-state index contributed by atoms with van der Waals surface area (Å²) in [6.45, 7) is 4.39. The molecule has 2 fully saturated rings. The van der Waals surface area contributed by atoms with E-state index in [4.69, 9.17) is 9.47 Å². The zero-order valence-corrected chi connectivity index (χ0v) is 11.9. The molecule has 5 heteroatoms. The summed E-state index contributed by atoms with van der Waals surface area (Å²) in [7, 11) is 1.70. The molecule has 0 aromatic heterocycles. The third kappa shape index (κ3) is 4.75. The van der Waals surface area contributed by atoms with Crippen molar-refractivity contribution in [2.75, 3.05) is 40.0 Å². The smallest absolute Gasteiger partial charge is 0.220 e. The van der Waals surface area contributed by atoms with Gasteiger partial charge in [0.2, 0.25) is 5.91 Å². The molecule has 0 spiro atoms. The normalized spacial score (nSPS) is 27.0. The number of piperidine rings is 1. The highest BCUT2D eigenvalue weighted by Gasteiger charge is 2.26. The average Bonchev–Trinajstić information content (AvgIpc) is 2.65. The summed E-state index contributed by atoms with van der Waals surface area (Å²) >= 11 is 0. The third-order valence-corrected chi connectivity index (χ3v) is 4.14. The first-order valence-corrected chi connectivity index (χ1v) is 7.41. The van der Waals surface area contributed by atoms with Gasteiger partial charge in [-0.25, -0.2) is 0 Å². The van der Waals surface area contributed by atoms with Crippen LogP contribution in [-0.2, 0) is 14.3 Å². The van der Waals surface area contributed by atoms with E-state index in [1.54, 1.807) is 7.11 Å². The molecule has 1 amide bonds. The van der Waals surface area contributed by atoms with Crippen LogP contribution in [0.1, 0.15) is 32.1 Å². The molecule has 1 atom stereocenters. The maximum Gasteiger partial charge on any atom is 0.220 e. The summed E-state index contributed by atoms with van der Waals surface area (Å²) in [5.41, 5.74) is 0. The van der Waals surface area contributed by atoms with Crippen LogP contribution >= 0.6 is 0 Å². The van der Waals surface area contributed by atoms with Crippen molar-refractivity contribution in [3.63, 3.8) is 0 Å². The van der Waals surface area contributed by atoms with Crippen LogP contribution in [0.5, 0.6) is 0 Å². The van der Waals surface area contributed by atoms with Gasteiger partial charge in [0.25, 0.3) is 0 Å². The Morgan fingerprint density at radius 3 is 2.74 bits per heavy atom. The van der Waals surface area contributed by atoms with E-state index < -0.39 is 0 Å². The van der Waals surface area contributed by atoms with Crippen molar-refractivity contribution in [2.45, 2.75) is 44.2 Å². The summed E-state index contributed by atoms with van der Waals surface area (Å²) in [5, 5.41) is 2.95. The molecule has 2 aliphatic heterocycles. The lowest BCUT2D eigenvalue weighted by Crippen LogP contribution is -2.43. The molecule has 110 valence electrons. The predicted octanol–water partition coefficient (Wildman–Crippen LogP) is 0.783. The van der Waals surface area contributed by atoms with Gasteiger partial charge < -0.3 is 19.7 Å². The van der Waals surface area contributed by atoms with E-state index in [0.29, 0.717) is 31.8 Å². The number of carbonyl (C=O) groups is 1. The Morgan fingerprint density at radius 2 is 2.00 bits per heavy atom. The van der Waals surface area contributed by atoms with Gasteiger partial charge in [-0.3, -0.25) is 4.79 Å². The van der Waals surface area contributed by atoms with Gasteiger partial charge >= 0.3 is 0 Å². The molecule has 5 nitrogen and oxygen atoms in total. The minimum atomic E-state index is 0.209. The molecule has 1 N–H and O–H groups in total. The maximum atomic E-state index is 11.3. The van der Waals surface area contributed by atoms with Crippen LogP contribution in [0.4, 0.5) is 0 Å². The van der Waals surface area contributed by atoms with Crippen molar-refractivity contribution in [1.29, 1.82) is 0 Å². The Balaban J connectivity index is 1.68. The number of methoxy groups -OCH3 is 1. The zero-order chi connectivity index (χ0) is 13.5. The monoisotopic (exact) mass is 270 g/mol. The van der Waals surface area contributed by atoms with Gasteiger partial charge in [-0.2, -0.15) is 0 Å². The van der Waals surface area contributed by atoms with E-state index in [-0.39, 0.29) is 5.91 Å². The van der Waals surface area contributed by atoms with E-state index in [1.807, 2.05) is 0 Å². The second kappa shape index (κ2) is 7.82. The highest BCUT2D eigenvalue weighted by molar-refractivity contribution is 5.76. The highest BCUT2D eigenvalue weighted by atomic mass is 16.5. The first kappa shape index (κ1) is 14.8. The van der Waals surface area contributed by atoms with E-state index in [0.717, 1.165) is 45.3 Å². The van der Waals surface area contributed by atoms with Crippen molar-refractivity contribution in [2.24, 2.45) is 0 Å². The molecule has 0 radical (unpaired) electrons. The van der Waals surface area contributed by atoms with E-state index in [9.17, 15) is 4.79 Å². The minimum absolute atomic E-state index is 0.209. The Morgan fingerprint density at radius 1 is 1.21 bits per heavy atom. The number of hydrogen-bond donors (Lipinski definition) is 1. The maximum absolute atomic E-state index is 11.3. The van der Waals surface area contributed by atoms with Crippen LogP contribution < -0.4 is 5.32 Å². The molecule has 2 saturated heterocycles. The summed E-state index contributed by atoms with van der Waals surface area (Å²) in [5.74, 6) is 0.209. The molecular formula is C14H26N2O3. The Labute approximate surface area is 115 Å². The molecule has 0 aliphatic carbocycles. The van der Waals surface area contributed by atoms with E-state index in [1.165, 1.54) is 0 Å². The Hall–Kier alpha value is -0.650. The van der Waals surface area contributed by atoms with Crippen molar-refractivity contribution in [3.8, 4) is 0 Å². The summed E-state index contributed by atoms with van der Waals surface area (Å²) in [6, 6.07) is 0.568. The number of likely N-dealkylation sites (tertiary alicyclic amines) is 1. The van der Waals surface area contributed by atoms with Crippen molar-refractivity contribution < 1.29 is 14.3 Å². The van der Waals surface area contributed by atoms with Crippen LogP contribution in [0, 0.1) is 0 Å². The van der Waals surface area contributed by atoms with Gasteiger partial charge in [0.15, 0.2) is 0 Å². The molecule has 2 heterocycles. The molecule has 0 bridgehead atoms. The topological polar surface area (TPSA) is 50.8 Å². The Kier molecular flexibility index (Phi) is 6.07. The largest absolute Gasteiger partial charge is 0.382 e. The second-order valence-electron chi connectivity index (χ2n) is 5.43. The van der Waals surface area contributed by atoms with Crippen LogP contribution in [0.3, 0.4) is 0 Å². The molecule has 19 heavy (non-hydrogen) atoms. The number of rotatable bonds is 5. The molecule has 0 saturated carbocycles. The van der Waals surface area contributed by atoms with Gasteiger partial charge in [0.1, 0.15) is 0 Å². The summed E-state index contributed by atoms with van der Waals surface area (Å²) < 4.78 is 10.8. The van der Waals surface area contributed by atoms with Crippen molar-refractivity contribution in [1.82, 2.24) is 10.2 Å². The molecule has 0 unspecified atom stereocenters. The summed E-state index contributed by atoms with van der Waals surface area (Å²) in [6.07, 6.45) is 5.34. The van der Waals surface area contributed by atoms with Gasteiger partial charge in [-0.1, -0.05) is 0 Å². The standard InChI is InChI=1S/C14H26N2O3/c1-18-10-11-19-13-5-8-16(9-6-13)12-2-3-14(17)15-7-4-12/h12-13H,2-11H2,1H3,(H,15,17)/t12-/m0/s1. The first-order chi connectivity index (χ1) is 9.29. The summed E-state index contributed by atoms with van der Waals surface area (Å²) in [4.78, 5) is 13.9. The third-order valence-electron chi connectivity index (χ3n) is 4.14. The number of amides is 1. The highest BCUT2D eigenvalue weighted by Crippen LogP contribution is 2.21. The van der Waals surface area contributed by atoms with Crippen molar-refractivity contribution >= 4 is 5.91 Å². The SMILES string of the molecule is COCCOC1CCN([C@@H]2CCNC(=O)CC2)CC1. The molecule has 0 aromatic rings. The lowest BCUT2D eigenvalue weighted by atomic mass is 10.0. The quantitative estimate of drug-likeness (QED) is 0.750. The number of nitrogens with one attached hydrogen (secondary N) is 1. The van der Waals surface area contributed by atoms with Gasteiger partial charge in [-0.15, -0.1) is 0 Å². The Bertz CT molecular complexity index is 278. The fourth-order valence-electron chi connectivity index (χ4n) is 2.98. The fourth-order valence-corrected chi connectivity index (χ4v) is 2.98. The van der Waals surface area contributed by atoms with E-state index >= 15 is 0 Å². The fraction of sp³-hybridized carbons (Fsp3) is 0.929. The van der Waals surface area contributed by atoms with Gasteiger partial charge in [0, 0.05) is 39.2 Å². The molecule has 0 aromatic carbocycles. The number of carbonyl (C=O) groups excluding carboxylic acids is 1. The van der Waals surface area contributed by atoms with Gasteiger partial charge in [-0.05, 0) is 25.7 Å². The van der Waals surface area contributed by atoms with Crippen LogP contribution in [-0.4, -0.2) is 62.9 Å². The first-order valence-electron chi connectivity index (χ1n) is 7.41.